The van der Waals surface area contributed by atoms with Gasteiger partial charge in [-0.05, 0) is 46.2 Å². The second-order valence-electron chi connectivity index (χ2n) is 5.51. The van der Waals surface area contributed by atoms with E-state index in [0.29, 0.717) is 11.5 Å². The van der Waals surface area contributed by atoms with Crippen LogP contribution in [-0.2, 0) is 5.54 Å². The zero-order valence-electron chi connectivity index (χ0n) is 12.0. The van der Waals surface area contributed by atoms with Crippen molar-refractivity contribution >= 4 is 0 Å². The van der Waals surface area contributed by atoms with Gasteiger partial charge < -0.3 is 14.8 Å². The minimum atomic E-state index is -0.294. The molecule has 1 aromatic rings. The molecule has 0 aliphatic carbocycles. The lowest BCUT2D eigenvalue weighted by atomic mass is 9.89. The highest BCUT2D eigenvalue weighted by Gasteiger charge is 2.34. The number of methoxy groups -OCH3 is 1. The third-order valence-corrected chi connectivity index (χ3v) is 3.56. The van der Waals surface area contributed by atoms with Crippen molar-refractivity contribution in [3.63, 3.8) is 0 Å². The van der Waals surface area contributed by atoms with E-state index in [9.17, 15) is 4.39 Å². The fourth-order valence-corrected chi connectivity index (χ4v) is 2.61. The summed E-state index contributed by atoms with van der Waals surface area (Å²) in [6.07, 6.45) is 2.06. The molecule has 4 heteroatoms. The van der Waals surface area contributed by atoms with E-state index in [1.54, 1.807) is 6.07 Å². The fraction of sp³-hybridized carbons (Fsp3) is 0.600. The van der Waals surface area contributed by atoms with E-state index in [1.165, 1.54) is 13.2 Å². The number of ether oxygens (including phenoxy) is 2. The first kappa shape index (κ1) is 14.1. The van der Waals surface area contributed by atoms with Crippen LogP contribution in [0.25, 0.3) is 0 Å². The molecule has 0 amide bonds. The minimum absolute atomic E-state index is 0.0168. The van der Waals surface area contributed by atoms with Crippen molar-refractivity contribution in [2.24, 2.45) is 0 Å². The van der Waals surface area contributed by atoms with Crippen LogP contribution in [0.5, 0.6) is 11.5 Å². The molecule has 1 aliphatic rings. The molecule has 1 heterocycles. The molecule has 1 fully saturated rings. The highest BCUT2D eigenvalue weighted by atomic mass is 19.1. The molecule has 1 aromatic carbocycles. The predicted molar refractivity (Wildman–Crippen MR) is 73.3 cm³/mol. The Balaban J connectivity index is 2.53. The molecular formula is C15H22FNO2. The van der Waals surface area contributed by atoms with Gasteiger partial charge in [-0.2, -0.15) is 0 Å². The summed E-state index contributed by atoms with van der Waals surface area (Å²) in [7, 11) is 1.54. The van der Waals surface area contributed by atoms with Gasteiger partial charge >= 0.3 is 0 Å². The van der Waals surface area contributed by atoms with E-state index in [1.807, 2.05) is 13.8 Å². The summed E-state index contributed by atoms with van der Waals surface area (Å²) in [5, 5.41) is 3.44. The molecule has 1 aliphatic heterocycles. The molecule has 0 aromatic heterocycles. The van der Waals surface area contributed by atoms with Crippen molar-refractivity contribution in [3.8, 4) is 11.5 Å². The van der Waals surface area contributed by atoms with Gasteiger partial charge in [-0.25, -0.2) is 4.39 Å². The standard InChI is InChI=1S/C15H22FNO2/c1-10(2)19-14-12(15(3)6-5-7-17-15)8-11(16)9-13(14)18-4/h8-10,17H,5-7H2,1-4H3. The van der Waals surface area contributed by atoms with Crippen molar-refractivity contribution < 1.29 is 13.9 Å². The molecule has 2 rings (SSSR count). The van der Waals surface area contributed by atoms with Crippen LogP contribution in [-0.4, -0.2) is 19.8 Å². The molecule has 106 valence electrons. The van der Waals surface area contributed by atoms with Gasteiger partial charge in [0.1, 0.15) is 5.82 Å². The summed E-state index contributed by atoms with van der Waals surface area (Å²) < 4.78 is 24.9. The van der Waals surface area contributed by atoms with Crippen LogP contribution in [0.3, 0.4) is 0 Å². The van der Waals surface area contributed by atoms with Crippen molar-refractivity contribution in [2.45, 2.75) is 45.3 Å². The smallest absolute Gasteiger partial charge is 0.166 e. The van der Waals surface area contributed by atoms with Crippen molar-refractivity contribution in [2.75, 3.05) is 13.7 Å². The highest BCUT2D eigenvalue weighted by Crippen LogP contribution is 2.42. The average Bonchev–Trinajstić information content (AvgIpc) is 2.78. The first-order valence-corrected chi connectivity index (χ1v) is 6.76. The van der Waals surface area contributed by atoms with Gasteiger partial charge in [0.2, 0.25) is 0 Å². The lowest BCUT2D eigenvalue weighted by Gasteiger charge is -2.29. The zero-order valence-corrected chi connectivity index (χ0v) is 12.0. The quantitative estimate of drug-likeness (QED) is 0.908. The molecule has 1 saturated heterocycles. The Hall–Kier alpha value is -1.29. The van der Waals surface area contributed by atoms with Crippen LogP contribution in [0.1, 0.15) is 39.2 Å². The number of hydrogen-bond acceptors (Lipinski definition) is 3. The fourth-order valence-electron chi connectivity index (χ4n) is 2.61. The maximum Gasteiger partial charge on any atom is 0.166 e. The second kappa shape index (κ2) is 5.37. The van der Waals surface area contributed by atoms with E-state index in [2.05, 4.69) is 12.2 Å². The largest absolute Gasteiger partial charge is 0.493 e. The Morgan fingerprint density at radius 3 is 2.63 bits per heavy atom. The van der Waals surface area contributed by atoms with Crippen LogP contribution in [0.4, 0.5) is 4.39 Å². The zero-order chi connectivity index (χ0) is 14.0. The number of hydrogen-bond donors (Lipinski definition) is 1. The van der Waals surface area contributed by atoms with Crippen LogP contribution in [0.2, 0.25) is 0 Å². The third-order valence-electron chi connectivity index (χ3n) is 3.56. The number of rotatable bonds is 4. The molecule has 19 heavy (non-hydrogen) atoms. The molecule has 1 unspecified atom stereocenters. The van der Waals surface area contributed by atoms with E-state index < -0.39 is 0 Å². The lowest BCUT2D eigenvalue weighted by Crippen LogP contribution is -2.34. The van der Waals surface area contributed by atoms with Gasteiger partial charge in [0.05, 0.1) is 13.2 Å². The molecule has 1 atom stereocenters. The summed E-state index contributed by atoms with van der Waals surface area (Å²) in [4.78, 5) is 0. The molecule has 0 bridgehead atoms. The third kappa shape index (κ3) is 2.84. The van der Waals surface area contributed by atoms with E-state index >= 15 is 0 Å². The number of benzene rings is 1. The van der Waals surface area contributed by atoms with Gasteiger partial charge in [-0.3, -0.25) is 0 Å². The molecule has 0 spiro atoms. The monoisotopic (exact) mass is 267 g/mol. The van der Waals surface area contributed by atoms with Gasteiger partial charge in [0.25, 0.3) is 0 Å². The second-order valence-corrected chi connectivity index (χ2v) is 5.51. The van der Waals surface area contributed by atoms with Crippen LogP contribution in [0.15, 0.2) is 12.1 Å². The van der Waals surface area contributed by atoms with Crippen LogP contribution in [0, 0.1) is 5.82 Å². The van der Waals surface area contributed by atoms with Crippen LogP contribution >= 0.6 is 0 Å². The molecule has 0 radical (unpaired) electrons. The Morgan fingerprint density at radius 1 is 1.37 bits per heavy atom. The lowest BCUT2D eigenvalue weighted by molar-refractivity contribution is 0.220. The van der Waals surface area contributed by atoms with Gasteiger partial charge in [-0.1, -0.05) is 0 Å². The summed E-state index contributed by atoms with van der Waals surface area (Å²) in [5.41, 5.74) is 0.593. The van der Waals surface area contributed by atoms with E-state index in [0.717, 1.165) is 24.9 Å². The van der Waals surface area contributed by atoms with E-state index in [-0.39, 0.29) is 17.5 Å². The first-order valence-electron chi connectivity index (χ1n) is 6.76. The Bertz CT molecular complexity index is 454. The normalized spacial score (nSPS) is 22.8. The summed E-state index contributed by atoms with van der Waals surface area (Å²) in [5.74, 6) is 0.812. The molecule has 3 nitrogen and oxygen atoms in total. The Kier molecular flexibility index (Phi) is 3.99. The molecule has 1 N–H and O–H groups in total. The molecular weight excluding hydrogens is 245 g/mol. The van der Waals surface area contributed by atoms with Gasteiger partial charge in [0, 0.05) is 17.2 Å². The summed E-state index contributed by atoms with van der Waals surface area (Å²) in [6.45, 7) is 6.94. The first-order chi connectivity index (χ1) is 8.96. The van der Waals surface area contributed by atoms with Crippen LogP contribution < -0.4 is 14.8 Å². The average molecular weight is 267 g/mol. The molecule has 0 saturated carbocycles. The summed E-state index contributed by atoms with van der Waals surface area (Å²) in [6, 6.07) is 2.93. The SMILES string of the molecule is COc1cc(F)cc(C2(C)CCCN2)c1OC(C)C. The number of halogens is 1. The Labute approximate surface area is 114 Å². The topological polar surface area (TPSA) is 30.5 Å². The maximum absolute atomic E-state index is 13.8. The van der Waals surface area contributed by atoms with Crippen molar-refractivity contribution in [1.82, 2.24) is 5.32 Å². The van der Waals surface area contributed by atoms with Crippen molar-refractivity contribution in [3.05, 3.63) is 23.5 Å². The maximum atomic E-state index is 13.8. The Morgan fingerprint density at radius 2 is 2.11 bits per heavy atom. The van der Waals surface area contributed by atoms with E-state index in [4.69, 9.17) is 9.47 Å². The number of nitrogens with one attached hydrogen (secondary N) is 1. The minimum Gasteiger partial charge on any atom is -0.493 e. The predicted octanol–water partition coefficient (Wildman–Crippen LogP) is 3.22. The van der Waals surface area contributed by atoms with Crippen molar-refractivity contribution in [1.29, 1.82) is 0 Å². The highest BCUT2D eigenvalue weighted by molar-refractivity contribution is 5.50. The van der Waals surface area contributed by atoms with Gasteiger partial charge in [-0.15, -0.1) is 0 Å². The summed E-state index contributed by atoms with van der Waals surface area (Å²) >= 11 is 0. The van der Waals surface area contributed by atoms with Gasteiger partial charge in [0.15, 0.2) is 11.5 Å².